The Hall–Kier alpha value is -3.31. The Morgan fingerprint density at radius 2 is 2.00 bits per heavy atom. The number of unbranched alkanes of at least 4 members (excludes halogenated alkanes) is 1. The summed E-state index contributed by atoms with van der Waals surface area (Å²) >= 11 is 0. The molecular formula is C27H31N3O2. The number of urea groups is 1. The standard InChI is InChI=1S/C27H31N3O2/c1-3-16-29(2)17-6-7-19-32-23-13-14-26-22(20-23)15-18-30(26)27(31)28-25-12-8-10-21-9-4-5-11-24(21)25/h3-5,8-14,20H,1,6-7,15-19H2,2H3,(H,28,31). The van der Waals surface area contributed by atoms with Crippen molar-refractivity contribution in [3.8, 4) is 5.75 Å². The maximum Gasteiger partial charge on any atom is 0.326 e. The van der Waals surface area contributed by atoms with Crippen LogP contribution in [0.1, 0.15) is 18.4 Å². The van der Waals surface area contributed by atoms with Crippen LogP contribution in [0.5, 0.6) is 5.75 Å². The molecule has 1 aliphatic heterocycles. The van der Waals surface area contributed by atoms with Gasteiger partial charge < -0.3 is 15.0 Å². The summed E-state index contributed by atoms with van der Waals surface area (Å²) in [5.41, 5.74) is 2.95. The van der Waals surface area contributed by atoms with Gasteiger partial charge in [-0.1, -0.05) is 42.5 Å². The van der Waals surface area contributed by atoms with Crippen molar-refractivity contribution in [2.45, 2.75) is 19.3 Å². The van der Waals surface area contributed by atoms with Crippen LogP contribution in [0.15, 0.2) is 73.3 Å². The number of carbonyl (C=O) groups excluding carboxylic acids is 1. The first kappa shape index (κ1) is 21.9. The Morgan fingerprint density at radius 1 is 1.16 bits per heavy atom. The van der Waals surface area contributed by atoms with Crippen molar-refractivity contribution in [2.75, 3.05) is 43.5 Å². The Morgan fingerprint density at radius 3 is 2.88 bits per heavy atom. The van der Waals surface area contributed by atoms with Crippen LogP contribution in [0, 0.1) is 0 Å². The number of nitrogens with one attached hydrogen (secondary N) is 1. The molecule has 166 valence electrons. The smallest absolute Gasteiger partial charge is 0.326 e. The molecular weight excluding hydrogens is 398 g/mol. The fourth-order valence-electron chi connectivity index (χ4n) is 4.18. The van der Waals surface area contributed by atoms with E-state index in [0.29, 0.717) is 13.2 Å². The zero-order valence-corrected chi connectivity index (χ0v) is 18.7. The van der Waals surface area contributed by atoms with E-state index in [2.05, 4.69) is 42.0 Å². The zero-order valence-electron chi connectivity index (χ0n) is 18.7. The summed E-state index contributed by atoms with van der Waals surface area (Å²) in [6, 6.07) is 20.0. The van der Waals surface area contributed by atoms with Gasteiger partial charge in [0.25, 0.3) is 0 Å². The van der Waals surface area contributed by atoms with Crippen molar-refractivity contribution in [1.82, 2.24) is 4.90 Å². The Kier molecular flexibility index (Phi) is 7.07. The van der Waals surface area contributed by atoms with Crippen LogP contribution in [0.3, 0.4) is 0 Å². The van der Waals surface area contributed by atoms with Crippen LogP contribution < -0.4 is 15.0 Å². The highest BCUT2D eigenvalue weighted by atomic mass is 16.5. The first-order valence-electron chi connectivity index (χ1n) is 11.3. The molecule has 0 aliphatic carbocycles. The van der Waals surface area contributed by atoms with E-state index in [9.17, 15) is 4.79 Å². The summed E-state index contributed by atoms with van der Waals surface area (Å²) in [5.74, 6) is 0.875. The van der Waals surface area contributed by atoms with Crippen molar-refractivity contribution >= 4 is 28.2 Å². The van der Waals surface area contributed by atoms with Crippen LogP contribution in [0.4, 0.5) is 16.2 Å². The van der Waals surface area contributed by atoms with E-state index in [0.717, 1.165) is 65.8 Å². The average molecular weight is 430 g/mol. The largest absolute Gasteiger partial charge is 0.494 e. The summed E-state index contributed by atoms with van der Waals surface area (Å²) in [4.78, 5) is 17.1. The van der Waals surface area contributed by atoms with Gasteiger partial charge in [-0.3, -0.25) is 4.90 Å². The molecule has 2 amide bonds. The van der Waals surface area contributed by atoms with Gasteiger partial charge in [0, 0.05) is 24.2 Å². The van der Waals surface area contributed by atoms with Crippen molar-refractivity contribution in [1.29, 1.82) is 0 Å². The SMILES string of the molecule is C=CCN(C)CCCCOc1ccc2c(c1)CCN2C(=O)Nc1cccc2ccccc12. The predicted octanol–water partition coefficient (Wildman–Crippen LogP) is 5.71. The van der Waals surface area contributed by atoms with Gasteiger partial charge in [0.15, 0.2) is 0 Å². The molecule has 1 aliphatic rings. The number of anilines is 2. The van der Waals surface area contributed by atoms with Gasteiger partial charge in [-0.15, -0.1) is 6.58 Å². The lowest BCUT2D eigenvalue weighted by molar-refractivity contribution is 0.257. The first-order chi connectivity index (χ1) is 15.7. The van der Waals surface area contributed by atoms with Gasteiger partial charge in [-0.2, -0.15) is 0 Å². The van der Waals surface area contributed by atoms with Crippen LogP contribution >= 0.6 is 0 Å². The third kappa shape index (κ3) is 5.11. The van der Waals surface area contributed by atoms with Gasteiger partial charge in [-0.25, -0.2) is 4.79 Å². The quantitative estimate of drug-likeness (QED) is 0.350. The molecule has 0 bridgehead atoms. The predicted molar refractivity (Wildman–Crippen MR) is 133 cm³/mol. The van der Waals surface area contributed by atoms with Gasteiger partial charge >= 0.3 is 6.03 Å². The number of nitrogens with zero attached hydrogens (tertiary/aromatic N) is 2. The number of amides is 2. The number of rotatable bonds is 9. The number of benzene rings is 3. The summed E-state index contributed by atoms with van der Waals surface area (Å²) in [5, 5.41) is 5.25. The molecule has 0 radical (unpaired) electrons. The first-order valence-corrected chi connectivity index (χ1v) is 11.3. The average Bonchev–Trinajstić information content (AvgIpc) is 3.23. The van der Waals surface area contributed by atoms with E-state index in [1.165, 1.54) is 0 Å². The summed E-state index contributed by atoms with van der Waals surface area (Å²) in [6.07, 6.45) is 4.87. The molecule has 32 heavy (non-hydrogen) atoms. The molecule has 0 saturated carbocycles. The molecule has 1 heterocycles. The van der Waals surface area contributed by atoms with Crippen LogP contribution in [0.2, 0.25) is 0 Å². The molecule has 0 saturated heterocycles. The lowest BCUT2D eigenvalue weighted by Gasteiger charge is -2.19. The second-order valence-corrected chi connectivity index (χ2v) is 8.26. The minimum Gasteiger partial charge on any atom is -0.494 e. The molecule has 0 fully saturated rings. The fourth-order valence-corrected chi connectivity index (χ4v) is 4.18. The number of ether oxygens (including phenoxy) is 1. The number of likely N-dealkylation sites (N-methyl/N-ethyl adjacent to an activating group) is 1. The number of hydrogen-bond donors (Lipinski definition) is 1. The van der Waals surface area contributed by atoms with Crippen LogP contribution in [-0.4, -0.2) is 44.2 Å². The van der Waals surface area contributed by atoms with E-state index < -0.39 is 0 Å². The third-order valence-electron chi connectivity index (χ3n) is 5.87. The van der Waals surface area contributed by atoms with E-state index >= 15 is 0 Å². The van der Waals surface area contributed by atoms with Gasteiger partial charge in [0.1, 0.15) is 5.75 Å². The second kappa shape index (κ2) is 10.3. The Balaban J connectivity index is 1.34. The zero-order chi connectivity index (χ0) is 22.3. The Labute approximate surface area is 190 Å². The lowest BCUT2D eigenvalue weighted by atomic mass is 10.1. The molecule has 0 atom stereocenters. The highest BCUT2D eigenvalue weighted by Crippen LogP contribution is 2.32. The molecule has 0 unspecified atom stereocenters. The maximum atomic E-state index is 13.0. The van der Waals surface area contributed by atoms with Crippen molar-refractivity contribution < 1.29 is 9.53 Å². The molecule has 3 aromatic rings. The molecule has 5 nitrogen and oxygen atoms in total. The number of carbonyl (C=O) groups is 1. The second-order valence-electron chi connectivity index (χ2n) is 8.26. The summed E-state index contributed by atoms with van der Waals surface area (Å²) in [7, 11) is 2.10. The molecule has 3 aromatic carbocycles. The van der Waals surface area contributed by atoms with Gasteiger partial charge in [0.05, 0.1) is 12.3 Å². The van der Waals surface area contributed by atoms with E-state index in [4.69, 9.17) is 4.74 Å². The fraction of sp³-hybridized carbons (Fsp3) is 0.296. The van der Waals surface area contributed by atoms with Crippen molar-refractivity contribution in [2.24, 2.45) is 0 Å². The third-order valence-corrected chi connectivity index (χ3v) is 5.87. The molecule has 0 spiro atoms. The van der Waals surface area contributed by atoms with Crippen LogP contribution in [0.25, 0.3) is 10.8 Å². The van der Waals surface area contributed by atoms with E-state index in [1.54, 1.807) is 0 Å². The maximum absolute atomic E-state index is 13.0. The molecule has 5 heteroatoms. The van der Waals surface area contributed by atoms with Crippen LogP contribution in [-0.2, 0) is 6.42 Å². The summed E-state index contributed by atoms with van der Waals surface area (Å²) in [6.45, 7) is 7.09. The Bertz CT molecular complexity index is 1090. The highest BCUT2D eigenvalue weighted by Gasteiger charge is 2.25. The monoisotopic (exact) mass is 429 g/mol. The number of fused-ring (bicyclic) bond motifs is 2. The lowest BCUT2D eigenvalue weighted by Crippen LogP contribution is -2.33. The van der Waals surface area contributed by atoms with Gasteiger partial charge in [-0.05, 0) is 68.1 Å². The van der Waals surface area contributed by atoms with Crippen molar-refractivity contribution in [3.63, 3.8) is 0 Å². The van der Waals surface area contributed by atoms with E-state index in [-0.39, 0.29) is 6.03 Å². The normalized spacial score (nSPS) is 12.8. The number of hydrogen-bond acceptors (Lipinski definition) is 3. The summed E-state index contributed by atoms with van der Waals surface area (Å²) < 4.78 is 5.95. The molecule has 4 rings (SSSR count). The minimum absolute atomic E-state index is 0.0996. The van der Waals surface area contributed by atoms with E-state index in [1.807, 2.05) is 53.4 Å². The minimum atomic E-state index is -0.0996. The highest BCUT2D eigenvalue weighted by molar-refractivity contribution is 6.08. The molecule has 0 aromatic heterocycles. The van der Waals surface area contributed by atoms with Crippen molar-refractivity contribution in [3.05, 3.63) is 78.9 Å². The topological polar surface area (TPSA) is 44.8 Å². The molecule has 1 N–H and O–H groups in total. The van der Waals surface area contributed by atoms with Gasteiger partial charge in [0.2, 0.25) is 0 Å².